The molecule has 7 nitrogen and oxygen atoms in total. The van der Waals surface area contributed by atoms with Crippen LogP contribution in [0.2, 0.25) is 5.02 Å². The molecule has 0 radical (unpaired) electrons. The molecule has 0 saturated heterocycles. The first-order valence-electron chi connectivity index (χ1n) is 8.28. The lowest BCUT2D eigenvalue weighted by Crippen LogP contribution is -2.18. The lowest BCUT2D eigenvalue weighted by atomic mass is 10.2. The number of aryl methyl sites for hydroxylation is 4. The molecule has 4 aromatic rings. The number of thiazole rings is 1. The molecule has 0 unspecified atom stereocenters. The third kappa shape index (κ3) is 3.11. The van der Waals surface area contributed by atoms with Crippen molar-refractivity contribution in [3.8, 4) is 5.13 Å². The fraction of sp³-hybridized carbons (Fsp3) is 0.222. The van der Waals surface area contributed by atoms with Crippen molar-refractivity contribution in [1.29, 1.82) is 0 Å². The number of carbonyl (C=O) groups excluding carboxylic acids is 1. The van der Waals surface area contributed by atoms with E-state index in [4.69, 9.17) is 11.6 Å². The number of amides is 1. The molecule has 1 N–H and O–H groups in total. The van der Waals surface area contributed by atoms with Gasteiger partial charge in [-0.25, -0.2) is 4.98 Å². The number of hydrogen-bond donors (Lipinski definition) is 1. The van der Waals surface area contributed by atoms with E-state index in [1.165, 1.54) is 11.3 Å². The highest BCUT2D eigenvalue weighted by atomic mass is 35.5. The molecule has 27 heavy (non-hydrogen) atoms. The van der Waals surface area contributed by atoms with Crippen molar-refractivity contribution < 1.29 is 4.79 Å². The van der Waals surface area contributed by atoms with Gasteiger partial charge in [-0.15, -0.1) is 0 Å². The van der Waals surface area contributed by atoms with Crippen LogP contribution in [0.15, 0.2) is 24.3 Å². The second kappa shape index (κ2) is 6.47. The first kappa shape index (κ1) is 17.7. The number of rotatable bonds is 3. The van der Waals surface area contributed by atoms with Crippen LogP contribution in [0.25, 0.3) is 15.3 Å². The molecule has 138 valence electrons. The molecule has 0 aliphatic heterocycles. The zero-order valence-electron chi connectivity index (χ0n) is 15.2. The van der Waals surface area contributed by atoms with Crippen LogP contribution in [0.1, 0.15) is 27.4 Å². The molecule has 0 spiro atoms. The summed E-state index contributed by atoms with van der Waals surface area (Å²) in [5, 5.41) is 12.9. The van der Waals surface area contributed by atoms with Crippen molar-refractivity contribution in [3.05, 3.63) is 51.9 Å². The number of hydrogen-bond acceptors (Lipinski definition) is 5. The summed E-state index contributed by atoms with van der Waals surface area (Å²) in [4.78, 5) is 17.4. The van der Waals surface area contributed by atoms with E-state index in [9.17, 15) is 4.79 Å². The molecule has 4 rings (SSSR count). The van der Waals surface area contributed by atoms with Gasteiger partial charge in [-0.2, -0.15) is 14.9 Å². The molecule has 1 aromatic carbocycles. The fourth-order valence-electron chi connectivity index (χ4n) is 2.92. The summed E-state index contributed by atoms with van der Waals surface area (Å²) < 4.78 is 4.09. The first-order chi connectivity index (χ1) is 12.8. The van der Waals surface area contributed by atoms with Gasteiger partial charge in [-0.3, -0.25) is 9.48 Å². The van der Waals surface area contributed by atoms with Gasteiger partial charge in [0.25, 0.3) is 5.91 Å². The van der Waals surface area contributed by atoms with Crippen LogP contribution in [0.5, 0.6) is 0 Å². The van der Waals surface area contributed by atoms with Crippen molar-refractivity contribution in [3.63, 3.8) is 0 Å². The molecule has 9 heteroatoms. The summed E-state index contributed by atoms with van der Waals surface area (Å²) in [5.74, 6) is 0.291. The van der Waals surface area contributed by atoms with E-state index >= 15 is 0 Å². The number of nitrogens with one attached hydrogen (secondary N) is 1. The summed E-state index contributed by atoms with van der Waals surface area (Å²) in [6.45, 7) is 5.70. The molecule has 0 aliphatic rings. The Hall–Kier alpha value is -2.71. The summed E-state index contributed by atoms with van der Waals surface area (Å²) in [6.07, 6.45) is 0. The number of halogens is 1. The van der Waals surface area contributed by atoms with Gasteiger partial charge < -0.3 is 5.32 Å². The fourth-order valence-corrected chi connectivity index (χ4v) is 4.20. The normalized spacial score (nSPS) is 11.3. The Morgan fingerprint density at radius 3 is 2.56 bits per heavy atom. The van der Waals surface area contributed by atoms with Gasteiger partial charge in [-0.1, -0.05) is 29.0 Å². The lowest BCUT2D eigenvalue weighted by molar-refractivity contribution is 0.101. The van der Waals surface area contributed by atoms with Gasteiger partial charge in [0.1, 0.15) is 11.5 Å². The van der Waals surface area contributed by atoms with Crippen molar-refractivity contribution >= 4 is 44.9 Å². The Kier molecular flexibility index (Phi) is 4.24. The van der Waals surface area contributed by atoms with Crippen molar-refractivity contribution in [1.82, 2.24) is 24.5 Å². The highest BCUT2D eigenvalue weighted by Gasteiger charge is 2.18. The molecule has 3 aromatic heterocycles. The minimum absolute atomic E-state index is 0.255. The van der Waals surface area contributed by atoms with Crippen LogP contribution < -0.4 is 5.32 Å². The van der Waals surface area contributed by atoms with Crippen LogP contribution in [0.3, 0.4) is 0 Å². The third-order valence-electron chi connectivity index (χ3n) is 4.17. The van der Waals surface area contributed by atoms with E-state index in [0.717, 1.165) is 27.2 Å². The van der Waals surface area contributed by atoms with Crippen LogP contribution >= 0.6 is 22.9 Å². The molecular weight excluding hydrogens is 384 g/mol. The van der Waals surface area contributed by atoms with E-state index in [1.807, 2.05) is 39.0 Å². The molecule has 3 heterocycles. The van der Waals surface area contributed by atoms with Gasteiger partial charge in [0.2, 0.25) is 5.13 Å². The molecule has 0 aliphatic carbocycles. The number of anilines is 1. The smallest absolute Gasteiger partial charge is 0.275 e. The highest BCUT2D eigenvalue weighted by Crippen LogP contribution is 2.34. The summed E-state index contributed by atoms with van der Waals surface area (Å²) >= 11 is 7.76. The molecular formula is C18H17ClN6OS. The Morgan fingerprint density at radius 1 is 1.15 bits per heavy atom. The number of nitrogens with zero attached hydrogens (tertiary/aromatic N) is 5. The maximum absolute atomic E-state index is 12.7. The predicted octanol–water partition coefficient (Wildman–Crippen LogP) is 4.05. The third-order valence-corrected chi connectivity index (χ3v) is 5.67. The van der Waals surface area contributed by atoms with Crippen LogP contribution in [0, 0.1) is 20.8 Å². The van der Waals surface area contributed by atoms with E-state index in [0.29, 0.717) is 21.7 Å². The van der Waals surface area contributed by atoms with E-state index < -0.39 is 0 Å². The molecule has 0 fully saturated rings. The van der Waals surface area contributed by atoms with Crippen LogP contribution in [-0.4, -0.2) is 30.5 Å². The van der Waals surface area contributed by atoms with E-state index in [1.54, 1.807) is 22.5 Å². The van der Waals surface area contributed by atoms with Gasteiger partial charge >= 0.3 is 0 Å². The average Bonchev–Trinajstić information content (AvgIpc) is 3.28. The van der Waals surface area contributed by atoms with Crippen LogP contribution in [-0.2, 0) is 7.05 Å². The van der Waals surface area contributed by atoms with Gasteiger partial charge in [-0.05, 0) is 38.5 Å². The van der Waals surface area contributed by atoms with Gasteiger partial charge in [0.05, 0.1) is 26.6 Å². The first-order valence-corrected chi connectivity index (χ1v) is 9.47. The zero-order chi connectivity index (χ0) is 19.3. The number of aromatic nitrogens is 5. The maximum atomic E-state index is 12.7. The Balaban J connectivity index is 1.76. The van der Waals surface area contributed by atoms with E-state index in [-0.39, 0.29) is 5.91 Å². The summed E-state index contributed by atoms with van der Waals surface area (Å²) in [6, 6.07) is 7.35. The summed E-state index contributed by atoms with van der Waals surface area (Å²) in [7, 11) is 1.74. The molecule has 0 bridgehead atoms. The van der Waals surface area contributed by atoms with Crippen molar-refractivity contribution in [2.45, 2.75) is 20.8 Å². The van der Waals surface area contributed by atoms with Crippen molar-refractivity contribution in [2.75, 3.05) is 5.32 Å². The number of fused-ring (bicyclic) bond motifs is 1. The van der Waals surface area contributed by atoms with Crippen molar-refractivity contribution in [2.24, 2.45) is 7.05 Å². The minimum Gasteiger partial charge on any atom is -0.305 e. The number of benzene rings is 1. The Bertz CT molecular complexity index is 1150. The van der Waals surface area contributed by atoms with Gasteiger partial charge in [0.15, 0.2) is 0 Å². The second-order valence-electron chi connectivity index (χ2n) is 6.37. The van der Waals surface area contributed by atoms with E-state index in [2.05, 4.69) is 20.5 Å². The minimum atomic E-state index is -0.255. The maximum Gasteiger partial charge on any atom is 0.275 e. The Labute approximate surface area is 164 Å². The highest BCUT2D eigenvalue weighted by molar-refractivity contribution is 7.21. The Morgan fingerprint density at radius 2 is 1.89 bits per heavy atom. The van der Waals surface area contributed by atoms with Gasteiger partial charge in [0, 0.05) is 13.1 Å². The second-order valence-corrected chi connectivity index (χ2v) is 7.75. The standard InChI is InChI=1S/C18H17ClN6OS/c1-9-5-6-12(19)16-15(9)21-18(27-16)25-14(8-11(3)23-25)20-17(26)13-7-10(2)22-24(13)4/h5-8H,1-4H3,(H,20,26). The monoisotopic (exact) mass is 400 g/mol. The quantitative estimate of drug-likeness (QED) is 0.562. The molecule has 1 amide bonds. The average molecular weight is 401 g/mol. The number of carbonyl (C=O) groups is 1. The van der Waals surface area contributed by atoms with Crippen LogP contribution in [0.4, 0.5) is 5.82 Å². The zero-order valence-corrected chi connectivity index (χ0v) is 16.8. The summed E-state index contributed by atoms with van der Waals surface area (Å²) in [5.41, 5.74) is 3.91. The topological polar surface area (TPSA) is 77.6 Å². The molecule has 0 saturated carbocycles. The predicted molar refractivity (Wildman–Crippen MR) is 107 cm³/mol. The lowest BCUT2D eigenvalue weighted by Gasteiger charge is -2.06. The molecule has 0 atom stereocenters. The SMILES string of the molecule is Cc1cc(C(=O)Nc2cc(C)nn2-c2nc3c(C)ccc(Cl)c3s2)n(C)n1. The largest absolute Gasteiger partial charge is 0.305 e.